The van der Waals surface area contributed by atoms with Gasteiger partial charge in [-0.05, 0) is 56.4 Å². The van der Waals surface area contributed by atoms with Crippen molar-refractivity contribution in [3.63, 3.8) is 0 Å². The highest BCUT2D eigenvalue weighted by Gasteiger charge is 2.22. The maximum absolute atomic E-state index is 6.22. The molecule has 0 spiro atoms. The zero-order chi connectivity index (χ0) is 13.4. The Labute approximate surface area is 114 Å². The first-order chi connectivity index (χ1) is 9.16. The highest BCUT2D eigenvalue weighted by Crippen LogP contribution is 2.31. The molecule has 3 rings (SSSR count). The third-order valence-electron chi connectivity index (χ3n) is 4.20. The third kappa shape index (κ3) is 2.19. The lowest BCUT2D eigenvalue weighted by Crippen LogP contribution is -2.19. The van der Waals surface area contributed by atoms with Gasteiger partial charge in [-0.3, -0.25) is 4.98 Å². The summed E-state index contributed by atoms with van der Waals surface area (Å²) in [6.45, 7) is 5.16. The molecule has 2 N–H and O–H groups in total. The summed E-state index contributed by atoms with van der Waals surface area (Å²) in [4.78, 5) is 4.51. The number of nitrogens with zero attached hydrogens (tertiary/aromatic N) is 2. The summed E-state index contributed by atoms with van der Waals surface area (Å²) in [5.74, 6) is 0. The normalized spacial score (nSPS) is 18.4. The van der Waals surface area contributed by atoms with Crippen LogP contribution in [0.5, 0.6) is 0 Å². The van der Waals surface area contributed by atoms with Gasteiger partial charge >= 0.3 is 0 Å². The minimum atomic E-state index is 0.216. The summed E-state index contributed by atoms with van der Waals surface area (Å²) < 4.78 is 2.39. The largest absolute Gasteiger partial charge is 0.343 e. The molecule has 2 aromatic rings. The van der Waals surface area contributed by atoms with E-state index < -0.39 is 0 Å². The average molecular weight is 255 g/mol. The second-order valence-corrected chi connectivity index (χ2v) is 5.54. The predicted molar refractivity (Wildman–Crippen MR) is 77.1 cm³/mol. The molecule has 100 valence electrons. The van der Waals surface area contributed by atoms with Crippen LogP contribution >= 0.6 is 0 Å². The molecule has 0 bridgehead atoms. The average Bonchev–Trinajstić information content (AvgIpc) is 2.71. The van der Waals surface area contributed by atoms with E-state index in [0.29, 0.717) is 0 Å². The van der Waals surface area contributed by atoms with Crippen LogP contribution in [-0.2, 0) is 13.0 Å². The van der Waals surface area contributed by atoms with E-state index in [1.807, 2.05) is 12.3 Å². The highest BCUT2D eigenvalue weighted by atomic mass is 15.0. The van der Waals surface area contributed by atoms with Crippen molar-refractivity contribution in [2.45, 2.75) is 45.7 Å². The highest BCUT2D eigenvalue weighted by molar-refractivity contribution is 5.33. The quantitative estimate of drug-likeness (QED) is 0.896. The number of rotatable bonds is 2. The number of pyridine rings is 1. The minimum absolute atomic E-state index is 0.216. The summed E-state index contributed by atoms with van der Waals surface area (Å²) in [6, 6.07) is 6.59. The maximum Gasteiger partial charge on any atom is 0.0650 e. The van der Waals surface area contributed by atoms with Gasteiger partial charge in [0.15, 0.2) is 0 Å². The Morgan fingerprint density at radius 2 is 2.26 bits per heavy atom. The predicted octanol–water partition coefficient (Wildman–Crippen LogP) is 2.88. The molecule has 0 saturated heterocycles. The first-order valence-corrected chi connectivity index (χ1v) is 7.02. The van der Waals surface area contributed by atoms with Gasteiger partial charge in [-0.1, -0.05) is 6.07 Å². The molecule has 1 aliphatic rings. The second-order valence-electron chi connectivity index (χ2n) is 5.54. The summed E-state index contributed by atoms with van der Waals surface area (Å²) in [5.41, 5.74) is 12.7. The van der Waals surface area contributed by atoms with E-state index in [1.54, 1.807) is 0 Å². The zero-order valence-electron chi connectivity index (χ0n) is 11.7. The number of fused-ring (bicyclic) bond motifs is 1. The van der Waals surface area contributed by atoms with Crippen molar-refractivity contribution in [3.8, 4) is 0 Å². The topological polar surface area (TPSA) is 43.8 Å². The summed E-state index contributed by atoms with van der Waals surface area (Å²) >= 11 is 0. The second kappa shape index (κ2) is 4.82. The zero-order valence-corrected chi connectivity index (χ0v) is 11.7. The van der Waals surface area contributed by atoms with Gasteiger partial charge in [0.1, 0.15) is 0 Å². The molecule has 2 aromatic heterocycles. The monoisotopic (exact) mass is 255 g/mol. The SMILES string of the molecule is Cc1cccnc1Cn1c(C)cc2c1CCCC2N. The summed E-state index contributed by atoms with van der Waals surface area (Å²) in [7, 11) is 0. The van der Waals surface area contributed by atoms with Crippen molar-refractivity contribution in [3.05, 3.63) is 52.6 Å². The molecule has 1 unspecified atom stereocenters. The molecule has 0 saturated carbocycles. The fourth-order valence-electron chi connectivity index (χ4n) is 3.05. The van der Waals surface area contributed by atoms with E-state index in [9.17, 15) is 0 Å². The van der Waals surface area contributed by atoms with Gasteiger partial charge in [0, 0.05) is 23.6 Å². The number of hydrogen-bond acceptors (Lipinski definition) is 2. The van der Waals surface area contributed by atoms with E-state index in [0.717, 1.165) is 25.1 Å². The van der Waals surface area contributed by atoms with Gasteiger partial charge in [0.2, 0.25) is 0 Å². The summed E-state index contributed by atoms with van der Waals surface area (Å²) in [6.07, 6.45) is 5.32. The standard InChI is InChI=1S/C16H21N3/c1-11-5-4-8-18-15(11)10-19-12(2)9-13-14(17)6-3-7-16(13)19/h4-5,8-9,14H,3,6-7,10,17H2,1-2H3. The van der Waals surface area contributed by atoms with Crippen LogP contribution in [-0.4, -0.2) is 9.55 Å². The van der Waals surface area contributed by atoms with E-state index in [4.69, 9.17) is 5.73 Å². The number of nitrogens with two attached hydrogens (primary N) is 1. The molecule has 0 aliphatic heterocycles. The molecular weight excluding hydrogens is 234 g/mol. The molecular formula is C16H21N3. The van der Waals surface area contributed by atoms with Crippen LogP contribution in [0.3, 0.4) is 0 Å². The van der Waals surface area contributed by atoms with E-state index in [2.05, 4.69) is 35.5 Å². The van der Waals surface area contributed by atoms with Crippen molar-refractivity contribution in [2.24, 2.45) is 5.73 Å². The number of aromatic nitrogens is 2. The lowest BCUT2D eigenvalue weighted by Gasteiger charge is -2.21. The first-order valence-electron chi connectivity index (χ1n) is 7.02. The molecule has 0 fully saturated rings. The molecule has 3 heteroatoms. The number of hydrogen-bond donors (Lipinski definition) is 1. The van der Waals surface area contributed by atoms with E-state index in [-0.39, 0.29) is 6.04 Å². The Morgan fingerprint density at radius 3 is 3.05 bits per heavy atom. The Kier molecular flexibility index (Phi) is 3.15. The summed E-state index contributed by atoms with van der Waals surface area (Å²) in [5, 5.41) is 0. The fourth-order valence-corrected chi connectivity index (χ4v) is 3.05. The molecule has 3 nitrogen and oxygen atoms in total. The van der Waals surface area contributed by atoms with Gasteiger partial charge in [-0.2, -0.15) is 0 Å². The van der Waals surface area contributed by atoms with Gasteiger partial charge in [0.05, 0.1) is 12.2 Å². The maximum atomic E-state index is 6.22. The van der Waals surface area contributed by atoms with Crippen molar-refractivity contribution in [1.82, 2.24) is 9.55 Å². The van der Waals surface area contributed by atoms with Crippen LogP contribution in [0, 0.1) is 13.8 Å². The van der Waals surface area contributed by atoms with Crippen LogP contribution < -0.4 is 5.73 Å². The molecule has 19 heavy (non-hydrogen) atoms. The van der Waals surface area contributed by atoms with Crippen LogP contribution in [0.25, 0.3) is 0 Å². The Balaban J connectivity index is 2.00. The van der Waals surface area contributed by atoms with E-state index in [1.165, 1.54) is 28.9 Å². The van der Waals surface area contributed by atoms with Crippen LogP contribution in [0.15, 0.2) is 24.4 Å². The first kappa shape index (κ1) is 12.4. The van der Waals surface area contributed by atoms with Crippen molar-refractivity contribution in [1.29, 1.82) is 0 Å². The lowest BCUT2D eigenvalue weighted by molar-refractivity contribution is 0.545. The van der Waals surface area contributed by atoms with Crippen LogP contribution in [0.1, 0.15) is 47.1 Å². The van der Waals surface area contributed by atoms with Crippen molar-refractivity contribution in [2.75, 3.05) is 0 Å². The van der Waals surface area contributed by atoms with Gasteiger partial charge in [-0.15, -0.1) is 0 Å². The van der Waals surface area contributed by atoms with Crippen molar-refractivity contribution < 1.29 is 0 Å². The smallest absolute Gasteiger partial charge is 0.0650 e. The van der Waals surface area contributed by atoms with Gasteiger partial charge < -0.3 is 10.3 Å². The van der Waals surface area contributed by atoms with Gasteiger partial charge in [-0.25, -0.2) is 0 Å². The Bertz CT molecular complexity index is 598. The Morgan fingerprint density at radius 1 is 1.42 bits per heavy atom. The van der Waals surface area contributed by atoms with Crippen LogP contribution in [0.4, 0.5) is 0 Å². The molecule has 0 amide bonds. The third-order valence-corrected chi connectivity index (χ3v) is 4.20. The van der Waals surface area contributed by atoms with Crippen molar-refractivity contribution >= 4 is 0 Å². The van der Waals surface area contributed by atoms with Crippen LogP contribution in [0.2, 0.25) is 0 Å². The molecule has 1 aliphatic carbocycles. The number of aryl methyl sites for hydroxylation is 2. The van der Waals surface area contributed by atoms with E-state index >= 15 is 0 Å². The fraction of sp³-hybridized carbons (Fsp3) is 0.438. The molecule has 0 radical (unpaired) electrons. The molecule has 2 heterocycles. The Hall–Kier alpha value is -1.61. The minimum Gasteiger partial charge on any atom is -0.343 e. The molecule has 0 aromatic carbocycles. The lowest BCUT2D eigenvalue weighted by atomic mass is 9.93. The molecule has 1 atom stereocenters. The van der Waals surface area contributed by atoms with Gasteiger partial charge in [0.25, 0.3) is 0 Å².